The van der Waals surface area contributed by atoms with Crippen molar-refractivity contribution in [1.29, 1.82) is 0 Å². The summed E-state index contributed by atoms with van der Waals surface area (Å²) in [6.45, 7) is 4.60. The van der Waals surface area contributed by atoms with Gasteiger partial charge in [-0.1, -0.05) is 23.7 Å². The molecule has 1 amide bonds. The lowest BCUT2D eigenvalue weighted by molar-refractivity contribution is -0.125. The van der Waals surface area contributed by atoms with E-state index in [9.17, 15) is 4.79 Å². The molecule has 1 aliphatic heterocycles. The monoisotopic (exact) mass is 490 g/mol. The van der Waals surface area contributed by atoms with Crippen LogP contribution in [-0.4, -0.2) is 45.4 Å². The third-order valence-electron chi connectivity index (χ3n) is 6.22. The molecule has 5 rings (SSSR count). The van der Waals surface area contributed by atoms with Crippen LogP contribution in [0.4, 0.5) is 5.82 Å². The van der Waals surface area contributed by atoms with Crippen LogP contribution in [-0.2, 0) is 11.3 Å². The first-order chi connectivity index (χ1) is 17.1. The molecule has 0 saturated carbocycles. The van der Waals surface area contributed by atoms with Gasteiger partial charge in [0.1, 0.15) is 11.6 Å². The second-order valence-electron chi connectivity index (χ2n) is 8.55. The third kappa shape index (κ3) is 5.22. The quantitative estimate of drug-likeness (QED) is 0.414. The van der Waals surface area contributed by atoms with Gasteiger partial charge in [0.2, 0.25) is 5.91 Å². The number of anilines is 1. The fraction of sp³-hybridized carbons (Fsp3) is 0.308. The number of carbonyl (C=O) groups excluding carboxylic acids is 1. The van der Waals surface area contributed by atoms with Gasteiger partial charge in [-0.15, -0.1) is 15.3 Å². The van der Waals surface area contributed by atoms with Crippen molar-refractivity contribution >= 4 is 29.0 Å². The number of nitrogens with one attached hydrogen (secondary N) is 1. The highest BCUT2D eigenvalue weighted by atomic mass is 35.5. The standard InChI is InChI=1S/C26H27ClN6O2/c1-2-35-22-5-3-4-18(16-22)17-28-26(34)20-12-14-32(15-13-20)24-11-10-23-29-30-25(33(23)31-24)19-6-8-21(27)9-7-19/h3-11,16,20H,2,12-15,17H2,1H3,(H,28,34). The number of rotatable bonds is 7. The van der Waals surface area contributed by atoms with Crippen molar-refractivity contribution in [1.82, 2.24) is 25.1 Å². The zero-order valence-corrected chi connectivity index (χ0v) is 20.3. The number of fused-ring (bicyclic) bond motifs is 1. The maximum atomic E-state index is 12.8. The van der Waals surface area contributed by atoms with Crippen LogP contribution in [0.25, 0.3) is 17.0 Å². The number of nitrogens with zero attached hydrogens (tertiary/aromatic N) is 5. The molecule has 0 aliphatic carbocycles. The topological polar surface area (TPSA) is 84.6 Å². The Balaban J connectivity index is 1.21. The molecule has 4 aromatic rings. The molecular formula is C26H27ClN6O2. The summed E-state index contributed by atoms with van der Waals surface area (Å²) >= 11 is 6.02. The molecule has 9 heteroatoms. The van der Waals surface area contributed by atoms with Gasteiger partial charge in [0.05, 0.1) is 6.61 Å². The normalized spacial score (nSPS) is 14.3. The Morgan fingerprint density at radius 2 is 1.89 bits per heavy atom. The average molecular weight is 491 g/mol. The van der Waals surface area contributed by atoms with Gasteiger partial charge in [-0.25, -0.2) is 0 Å². The Kier molecular flexibility index (Phi) is 6.81. The lowest BCUT2D eigenvalue weighted by Crippen LogP contribution is -2.40. The van der Waals surface area contributed by atoms with E-state index in [0.29, 0.717) is 29.6 Å². The lowest BCUT2D eigenvalue weighted by Gasteiger charge is -2.32. The number of hydrogen-bond acceptors (Lipinski definition) is 6. The minimum absolute atomic E-state index is 0.00963. The minimum Gasteiger partial charge on any atom is -0.494 e. The fourth-order valence-electron chi connectivity index (χ4n) is 4.34. The number of piperidine rings is 1. The summed E-state index contributed by atoms with van der Waals surface area (Å²) in [4.78, 5) is 15.0. The SMILES string of the molecule is CCOc1cccc(CNC(=O)C2CCN(c3ccc4nnc(-c5ccc(Cl)cc5)n4n3)CC2)c1. The molecule has 1 aliphatic rings. The summed E-state index contributed by atoms with van der Waals surface area (Å²) in [5.74, 6) is 2.42. The van der Waals surface area contributed by atoms with E-state index in [1.165, 1.54) is 0 Å². The molecule has 1 fully saturated rings. The fourth-order valence-corrected chi connectivity index (χ4v) is 4.47. The number of amides is 1. The predicted octanol–water partition coefficient (Wildman–Crippen LogP) is 4.38. The van der Waals surface area contributed by atoms with Crippen LogP contribution in [0, 0.1) is 5.92 Å². The molecule has 0 radical (unpaired) electrons. The summed E-state index contributed by atoms with van der Waals surface area (Å²) in [6.07, 6.45) is 1.55. The van der Waals surface area contributed by atoms with E-state index in [2.05, 4.69) is 20.4 Å². The van der Waals surface area contributed by atoms with Gasteiger partial charge in [-0.05, 0) is 73.9 Å². The van der Waals surface area contributed by atoms with Crippen molar-refractivity contribution in [2.45, 2.75) is 26.3 Å². The summed E-state index contributed by atoms with van der Waals surface area (Å²) < 4.78 is 7.30. The van der Waals surface area contributed by atoms with Gasteiger partial charge >= 0.3 is 0 Å². The molecule has 0 unspecified atom stereocenters. The number of aromatic nitrogens is 4. The second-order valence-corrected chi connectivity index (χ2v) is 8.99. The lowest BCUT2D eigenvalue weighted by atomic mass is 9.96. The largest absolute Gasteiger partial charge is 0.494 e. The maximum absolute atomic E-state index is 12.8. The van der Waals surface area contributed by atoms with E-state index >= 15 is 0 Å². The van der Waals surface area contributed by atoms with Crippen LogP contribution in [0.1, 0.15) is 25.3 Å². The zero-order valence-electron chi connectivity index (χ0n) is 19.5. The van der Waals surface area contributed by atoms with Crippen molar-refractivity contribution in [3.63, 3.8) is 0 Å². The molecule has 0 bridgehead atoms. The first kappa shape index (κ1) is 23.1. The Bertz CT molecular complexity index is 1320. The Morgan fingerprint density at radius 3 is 2.66 bits per heavy atom. The average Bonchev–Trinajstić information content (AvgIpc) is 3.32. The highest BCUT2D eigenvalue weighted by Gasteiger charge is 2.26. The van der Waals surface area contributed by atoms with E-state index in [1.54, 1.807) is 4.52 Å². The molecule has 1 saturated heterocycles. The molecule has 1 N–H and O–H groups in total. The van der Waals surface area contributed by atoms with E-state index in [0.717, 1.165) is 48.6 Å². The van der Waals surface area contributed by atoms with Crippen LogP contribution < -0.4 is 15.0 Å². The molecule has 0 atom stereocenters. The summed E-state index contributed by atoms with van der Waals surface area (Å²) in [5.41, 5.74) is 2.61. The molecule has 8 nitrogen and oxygen atoms in total. The molecule has 2 aromatic heterocycles. The molecular weight excluding hydrogens is 464 g/mol. The van der Waals surface area contributed by atoms with E-state index < -0.39 is 0 Å². The Morgan fingerprint density at radius 1 is 1.09 bits per heavy atom. The van der Waals surface area contributed by atoms with Gasteiger partial charge in [-0.3, -0.25) is 4.79 Å². The van der Waals surface area contributed by atoms with Crippen molar-refractivity contribution in [2.75, 3.05) is 24.6 Å². The zero-order chi connectivity index (χ0) is 24.2. The van der Waals surface area contributed by atoms with Crippen molar-refractivity contribution < 1.29 is 9.53 Å². The predicted molar refractivity (Wildman–Crippen MR) is 136 cm³/mol. The van der Waals surface area contributed by atoms with Crippen molar-refractivity contribution in [3.8, 4) is 17.1 Å². The highest BCUT2D eigenvalue weighted by Crippen LogP contribution is 2.25. The van der Waals surface area contributed by atoms with Gasteiger partial charge in [0, 0.05) is 36.1 Å². The molecule has 35 heavy (non-hydrogen) atoms. The summed E-state index contributed by atoms with van der Waals surface area (Å²) in [5, 5.41) is 17.1. The number of benzene rings is 2. The third-order valence-corrected chi connectivity index (χ3v) is 6.47. The van der Waals surface area contributed by atoms with Gasteiger partial charge < -0.3 is 15.0 Å². The second kappa shape index (κ2) is 10.3. The Hall–Kier alpha value is -3.65. The van der Waals surface area contributed by atoms with Crippen molar-refractivity contribution in [2.24, 2.45) is 5.92 Å². The Labute approximate surface area is 208 Å². The van der Waals surface area contributed by atoms with Gasteiger partial charge in [0.25, 0.3) is 0 Å². The van der Waals surface area contributed by atoms with Crippen LogP contribution in [0.5, 0.6) is 5.75 Å². The maximum Gasteiger partial charge on any atom is 0.223 e. The van der Waals surface area contributed by atoms with E-state index in [-0.39, 0.29) is 11.8 Å². The smallest absolute Gasteiger partial charge is 0.223 e. The molecule has 180 valence electrons. The van der Waals surface area contributed by atoms with Crippen LogP contribution in [0.2, 0.25) is 5.02 Å². The first-order valence-corrected chi connectivity index (χ1v) is 12.2. The minimum atomic E-state index is -0.00963. The molecule has 2 aromatic carbocycles. The van der Waals surface area contributed by atoms with E-state index in [4.69, 9.17) is 21.4 Å². The van der Waals surface area contributed by atoms with Crippen molar-refractivity contribution in [3.05, 3.63) is 71.2 Å². The molecule has 0 spiro atoms. The highest BCUT2D eigenvalue weighted by molar-refractivity contribution is 6.30. The molecule has 3 heterocycles. The summed E-state index contributed by atoms with van der Waals surface area (Å²) in [7, 11) is 0. The summed E-state index contributed by atoms with van der Waals surface area (Å²) in [6, 6.07) is 19.2. The van der Waals surface area contributed by atoms with Crippen LogP contribution >= 0.6 is 11.6 Å². The van der Waals surface area contributed by atoms with Gasteiger partial charge in [0.15, 0.2) is 11.5 Å². The van der Waals surface area contributed by atoms with E-state index in [1.807, 2.05) is 67.6 Å². The first-order valence-electron chi connectivity index (χ1n) is 11.8. The number of ether oxygens (including phenoxy) is 1. The number of hydrogen-bond donors (Lipinski definition) is 1. The van der Waals surface area contributed by atoms with Crippen LogP contribution in [0.15, 0.2) is 60.7 Å². The van der Waals surface area contributed by atoms with Gasteiger partial charge in [-0.2, -0.15) is 4.52 Å². The number of carbonyl (C=O) groups is 1. The number of halogens is 1. The van der Waals surface area contributed by atoms with Crippen LogP contribution in [0.3, 0.4) is 0 Å².